The molecule has 0 bridgehead atoms. The summed E-state index contributed by atoms with van der Waals surface area (Å²) in [5.74, 6) is -0.552. The van der Waals surface area contributed by atoms with Crippen LogP contribution >= 0.6 is 11.6 Å². The van der Waals surface area contributed by atoms with Gasteiger partial charge in [-0.2, -0.15) is 5.10 Å². The summed E-state index contributed by atoms with van der Waals surface area (Å²) in [7, 11) is -3.68. The van der Waals surface area contributed by atoms with Crippen LogP contribution in [0.25, 0.3) is 10.8 Å². The van der Waals surface area contributed by atoms with Gasteiger partial charge in [-0.25, -0.2) is 13.8 Å². The van der Waals surface area contributed by atoms with Crippen molar-refractivity contribution < 1.29 is 13.2 Å². The summed E-state index contributed by atoms with van der Waals surface area (Å²) < 4.78 is 25.7. The fraction of sp³-hybridized carbons (Fsp3) is 0.100. The average Bonchev–Trinajstić information content (AvgIpc) is 2.66. The summed E-state index contributed by atoms with van der Waals surface area (Å²) in [6.07, 6.45) is 2.52. The molecule has 3 rings (SSSR count). The molecule has 0 radical (unpaired) electrons. The molecule has 0 heterocycles. The molecule has 3 aromatic rings. The van der Waals surface area contributed by atoms with Crippen LogP contribution in [0.5, 0.6) is 0 Å². The maximum Gasteiger partial charge on any atom is 0.260 e. The van der Waals surface area contributed by atoms with E-state index in [1.165, 1.54) is 6.21 Å². The van der Waals surface area contributed by atoms with Crippen LogP contribution in [0.1, 0.15) is 5.56 Å². The van der Waals surface area contributed by atoms with Gasteiger partial charge in [0.15, 0.2) is 0 Å². The highest BCUT2D eigenvalue weighted by Gasteiger charge is 2.22. The van der Waals surface area contributed by atoms with Crippen LogP contribution < -0.4 is 9.73 Å². The van der Waals surface area contributed by atoms with Gasteiger partial charge in [-0.05, 0) is 29.1 Å². The lowest BCUT2D eigenvalue weighted by Gasteiger charge is -2.23. The van der Waals surface area contributed by atoms with Gasteiger partial charge in [-0.3, -0.25) is 9.10 Å². The van der Waals surface area contributed by atoms with Crippen LogP contribution in [-0.2, 0) is 14.8 Å². The van der Waals surface area contributed by atoms with Gasteiger partial charge in [-0.15, -0.1) is 0 Å². The Balaban J connectivity index is 1.79. The van der Waals surface area contributed by atoms with Crippen molar-refractivity contribution in [2.24, 2.45) is 5.10 Å². The Bertz CT molecular complexity index is 1120. The molecule has 0 aliphatic carbocycles. The summed E-state index contributed by atoms with van der Waals surface area (Å²) in [6.45, 7) is -0.384. The molecule has 6 nitrogen and oxygen atoms in total. The smallest absolute Gasteiger partial charge is 0.260 e. The average molecular weight is 416 g/mol. The van der Waals surface area contributed by atoms with Crippen LogP contribution in [0.3, 0.4) is 0 Å². The first-order valence-corrected chi connectivity index (χ1v) is 10.6. The van der Waals surface area contributed by atoms with Crippen molar-refractivity contribution in [3.8, 4) is 0 Å². The fourth-order valence-electron chi connectivity index (χ4n) is 2.70. The van der Waals surface area contributed by atoms with Crippen molar-refractivity contribution in [3.63, 3.8) is 0 Å². The van der Waals surface area contributed by atoms with E-state index in [1.54, 1.807) is 36.4 Å². The first kappa shape index (κ1) is 19.9. The fourth-order valence-corrected chi connectivity index (χ4v) is 3.69. The zero-order chi connectivity index (χ0) is 20.1. The number of amides is 1. The van der Waals surface area contributed by atoms with Crippen molar-refractivity contribution in [2.75, 3.05) is 17.1 Å². The van der Waals surface area contributed by atoms with E-state index >= 15 is 0 Å². The van der Waals surface area contributed by atoms with Crippen molar-refractivity contribution in [1.82, 2.24) is 5.43 Å². The Hall–Kier alpha value is -2.90. The van der Waals surface area contributed by atoms with E-state index in [0.29, 0.717) is 10.7 Å². The molecule has 0 aliphatic heterocycles. The van der Waals surface area contributed by atoms with Crippen LogP contribution in [-0.4, -0.2) is 33.3 Å². The molecule has 0 unspecified atom stereocenters. The van der Waals surface area contributed by atoms with E-state index in [-0.39, 0.29) is 6.54 Å². The Morgan fingerprint density at radius 1 is 1.07 bits per heavy atom. The summed E-state index contributed by atoms with van der Waals surface area (Å²) >= 11 is 5.82. The zero-order valence-electron chi connectivity index (χ0n) is 15.0. The second kappa shape index (κ2) is 8.41. The maximum atomic E-state index is 12.3. The van der Waals surface area contributed by atoms with E-state index in [9.17, 15) is 13.2 Å². The molecule has 3 aromatic carbocycles. The summed E-state index contributed by atoms with van der Waals surface area (Å²) in [4.78, 5) is 12.3. The van der Waals surface area contributed by atoms with E-state index in [1.807, 2.05) is 30.3 Å². The quantitative estimate of drug-likeness (QED) is 0.495. The van der Waals surface area contributed by atoms with Crippen LogP contribution in [0.4, 0.5) is 5.69 Å². The summed E-state index contributed by atoms with van der Waals surface area (Å²) in [5.41, 5.74) is 3.55. The summed E-state index contributed by atoms with van der Waals surface area (Å²) in [5, 5.41) is 6.10. The van der Waals surface area contributed by atoms with Gasteiger partial charge >= 0.3 is 0 Å². The SMILES string of the molecule is CS(=O)(=O)N(CC(=O)N/N=C\c1ccc(Cl)cc1)c1cccc2ccccc12. The molecule has 1 N–H and O–H groups in total. The number of hydrazone groups is 1. The Labute approximate surface area is 168 Å². The highest BCUT2D eigenvalue weighted by molar-refractivity contribution is 7.92. The number of carbonyl (C=O) groups is 1. The minimum absolute atomic E-state index is 0.384. The predicted octanol–water partition coefficient (Wildman–Crippen LogP) is 3.41. The molecule has 0 saturated heterocycles. The summed E-state index contributed by atoms with van der Waals surface area (Å²) in [6, 6.07) is 19.6. The van der Waals surface area contributed by atoms with E-state index in [0.717, 1.165) is 26.9 Å². The number of hydrogen-bond acceptors (Lipinski definition) is 4. The van der Waals surface area contributed by atoms with E-state index in [4.69, 9.17) is 11.6 Å². The molecule has 0 spiro atoms. The lowest BCUT2D eigenvalue weighted by Crippen LogP contribution is -2.39. The predicted molar refractivity (Wildman–Crippen MR) is 113 cm³/mol. The Kier molecular flexibility index (Phi) is 5.96. The molecule has 0 saturated carbocycles. The molecular formula is C20H18ClN3O3S. The molecule has 1 amide bonds. The molecule has 0 atom stereocenters. The normalized spacial score (nSPS) is 11.6. The van der Waals surface area contributed by atoms with Gasteiger partial charge in [-0.1, -0.05) is 60.1 Å². The van der Waals surface area contributed by atoms with Crippen molar-refractivity contribution >= 4 is 50.2 Å². The number of rotatable bonds is 6. The molecule has 8 heteroatoms. The van der Waals surface area contributed by atoms with Gasteiger partial charge in [0.2, 0.25) is 10.0 Å². The number of sulfonamides is 1. The molecular weight excluding hydrogens is 398 g/mol. The highest BCUT2D eigenvalue weighted by atomic mass is 35.5. The zero-order valence-corrected chi connectivity index (χ0v) is 16.6. The Morgan fingerprint density at radius 3 is 2.46 bits per heavy atom. The minimum Gasteiger partial charge on any atom is -0.271 e. The van der Waals surface area contributed by atoms with Crippen molar-refractivity contribution in [1.29, 1.82) is 0 Å². The number of nitrogens with zero attached hydrogens (tertiary/aromatic N) is 2. The number of hydrogen-bond donors (Lipinski definition) is 1. The van der Waals surface area contributed by atoms with Crippen LogP contribution in [0.15, 0.2) is 71.8 Å². The molecule has 0 aliphatic rings. The molecule has 144 valence electrons. The number of fused-ring (bicyclic) bond motifs is 1. The third-order valence-electron chi connectivity index (χ3n) is 4.00. The van der Waals surface area contributed by atoms with Crippen molar-refractivity contribution in [2.45, 2.75) is 0 Å². The topological polar surface area (TPSA) is 78.8 Å². The van der Waals surface area contributed by atoms with E-state index < -0.39 is 15.9 Å². The largest absolute Gasteiger partial charge is 0.271 e. The third kappa shape index (κ3) is 4.88. The van der Waals surface area contributed by atoms with Gasteiger partial charge in [0, 0.05) is 10.4 Å². The van der Waals surface area contributed by atoms with E-state index in [2.05, 4.69) is 10.5 Å². The maximum absolute atomic E-state index is 12.3. The van der Waals surface area contributed by atoms with Gasteiger partial charge in [0.1, 0.15) is 6.54 Å². The number of nitrogens with one attached hydrogen (secondary N) is 1. The van der Waals surface area contributed by atoms with Crippen LogP contribution in [0.2, 0.25) is 5.02 Å². The van der Waals surface area contributed by atoms with Gasteiger partial charge in [0.25, 0.3) is 5.91 Å². The first-order chi connectivity index (χ1) is 13.3. The lowest BCUT2D eigenvalue weighted by molar-refractivity contribution is -0.119. The van der Waals surface area contributed by atoms with Gasteiger partial charge < -0.3 is 0 Å². The second-order valence-corrected chi connectivity index (χ2v) is 8.46. The first-order valence-electron chi connectivity index (χ1n) is 8.37. The number of benzene rings is 3. The number of anilines is 1. The highest BCUT2D eigenvalue weighted by Crippen LogP contribution is 2.28. The van der Waals surface area contributed by atoms with Crippen LogP contribution in [0, 0.1) is 0 Å². The minimum atomic E-state index is -3.68. The standard InChI is InChI=1S/C20H18ClN3O3S/c1-28(26,27)24(19-8-4-6-16-5-2-3-7-18(16)19)14-20(25)23-22-13-15-9-11-17(21)12-10-15/h2-13H,14H2,1H3,(H,23,25)/b22-13-. The van der Waals surface area contributed by atoms with Gasteiger partial charge in [0.05, 0.1) is 18.2 Å². The van der Waals surface area contributed by atoms with Crippen molar-refractivity contribution in [3.05, 3.63) is 77.3 Å². The third-order valence-corrected chi connectivity index (χ3v) is 5.37. The molecule has 0 aromatic heterocycles. The monoisotopic (exact) mass is 415 g/mol. The second-order valence-electron chi connectivity index (χ2n) is 6.11. The lowest BCUT2D eigenvalue weighted by atomic mass is 10.1. The molecule has 28 heavy (non-hydrogen) atoms. The molecule has 0 fully saturated rings. The number of halogens is 1. The Morgan fingerprint density at radius 2 is 1.75 bits per heavy atom. The number of carbonyl (C=O) groups excluding carboxylic acids is 1.